The van der Waals surface area contributed by atoms with Crippen molar-refractivity contribution in [2.45, 2.75) is 13.8 Å². The molecule has 0 unspecified atom stereocenters. The first kappa shape index (κ1) is 9.30. The lowest BCUT2D eigenvalue weighted by atomic mass is 10.3. The second kappa shape index (κ2) is 3.30. The summed E-state index contributed by atoms with van der Waals surface area (Å²) in [6, 6.07) is 0. The highest BCUT2D eigenvalue weighted by molar-refractivity contribution is 9.10. The zero-order valence-corrected chi connectivity index (χ0v) is 9.18. The van der Waals surface area contributed by atoms with Gasteiger partial charge in [0.25, 0.3) is 0 Å². The minimum Gasteiger partial charge on any atom is -0.240 e. The van der Waals surface area contributed by atoms with Crippen LogP contribution in [0.25, 0.3) is 0 Å². The van der Waals surface area contributed by atoms with E-state index in [1.165, 1.54) is 0 Å². The fourth-order valence-electron chi connectivity index (χ4n) is 0.694. The number of hydrogen-bond donors (Lipinski definition) is 0. The second-order valence-electron chi connectivity index (χ2n) is 2.24. The third-order valence-corrected chi connectivity index (χ3v) is 3.45. The molecular formula is C7H6BrCl2N. The average Bonchev–Trinajstić information content (AvgIpc) is 1.97. The molecule has 0 saturated heterocycles. The van der Waals surface area contributed by atoms with Gasteiger partial charge in [-0.15, -0.1) is 0 Å². The van der Waals surface area contributed by atoms with Gasteiger partial charge < -0.3 is 0 Å². The Kier molecular flexibility index (Phi) is 2.79. The normalized spacial score (nSPS) is 10.3. The molecule has 0 bridgehead atoms. The fraction of sp³-hybridized carbons (Fsp3) is 0.286. The summed E-state index contributed by atoms with van der Waals surface area (Å²) in [5.41, 5.74) is 1.62. The van der Waals surface area contributed by atoms with Gasteiger partial charge in [0.2, 0.25) is 0 Å². The van der Waals surface area contributed by atoms with E-state index < -0.39 is 0 Å². The highest BCUT2D eigenvalue weighted by Crippen LogP contribution is 2.31. The van der Waals surface area contributed by atoms with Crippen molar-refractivity contribution in [2.75, 3.05) is 0 Å². The molecule has 1 rings (SSSR count). The maximum Gasteiger partial charge on any atom is 0.133 e. The summed E-state index contributed by atoms with van der Waals surface area (Å²) >= 11 is 15.0. The van der Waals surface area contributed by atoms with E-state index in [1.54, 1.807) is 0 Å². The Morgan fingerprint density at radius 2 is 1.82 bits per heavy atom. The molecule has 4 heteroatoms. The maximum atomic E-state index is 5.92. The molecule has 0 N–H and O–H groups in total. The fourth-order valence-corrected chi connectivity index (χ4v) is 1.58. The van der Waals surface area contributed by atoms with Gasteiger partial charge in [-0.25, -0.2) is 4.98 Å². The van der Waals surface area contributed by atoms with Crippen molar-refractivity contribution in [3.05, 3.63) is 25.9 Å². The molecule has 0 saturated carbocycles. The minimum absolute atomic E-state index is 0.468. The van der Waals surface area contributed by atoms with E-state index in [1.807, 2.05) is 13.8 Å². The number of nitrogens with zero attached hydrogens (tertiary/aromatic N) is 1. The van der Waals surface area contributed by atoms with Gasteiger partial charge in [-0.2, -0.15) is 0 Å². The summed E-state index contributed by atoms with van der Waals surface area (Å²) in [4.78, 5) is 4.07. The van der Waals surface area contributed by atoms with E-state index in [2.05, 4.69) is 20.9 Å². The van der Waals surface area contributed by atoms with E-state index in [0.29, 0.717) is 10.2 Å². The highest BCUT2D eigenvalue weighted by atomic mass is 79.9. The number of halogens is 3. The first-order chi connectivity index (χ1) is 5.04. The van der Waals surface area contributed by atoms with Gasteiger partial charge in [0.1, 0.15) is 5.15 Å². The SMILES string of the molecule is Cc1nc(Cl)c(C)c(Cl)c1Br. The van der Waals surface area contributed by atoms with E-state index in [-0.39, 0.29) is 0 Å². The topological polar surface area (TPSA) is 12.9 Å². The lowest BCUT2D eigenvalue weighted by Gasteiger charge is -2.04. The summed E-state index contributed by atoms with van der Waals surface area (Å²) in [6.07, 6.45) is 0. The zero-order chi connectivity index (χ0) is 8.59. The molecule has 1 heterocycles. The molecule has 1 aromatic rings. The van der Waals surface area contributed by atoms with Gasteiger partial charge >= 0.3 is 0 Å². The van der Waals surface area contributed by atoms with Crippen LogP contribution in [-0.4, -0.2) is 4.98 Å². The van der Waals surface area contributed by atoms with Crippen LogP contribution in [-0.2, 0) is 0 Å². The summed E-state index contributed by atoms with van der Waals surface area (Å²) in [5, 5.41) is 1.11. The van der Waals surface area contributed by atoms with Crippen molar-refractivity contribution in [1.82, 2.24) is 4.98 Å². The van der Waals surface area contributed by atoms with E-state index in [4.69, 9.17) is 23.2 Å². The molecule has 0 amide bonds. The van der Waals surface area contributed by atoms with Gasteiger partial charge in [-0.3, -0.25) is 0 Å². The molecule has 0 aliphatic rings. The summed E-state index contributed by atoms with van der Waals surface area (Å²) in [7, 11) is 0. The van der Waals surface area contributed by atoms with Crippen molar-refractivity contribution < 1.29 is 0 Å². The number of rotatable bonds is 0. The van der Waals surface area contributed by atoms with Gasteiger partial charge in [0.15, 0.2) is 0 Å². The van der Waals surface area contributed by atoms with Crippen molar-refractivity contribution in [3.8, 4) is 0 Å². The Morgan fingerprint density at radius 1 is 1.27 bits per heavy atom. The Labute approximate surface area is 83.9 Å². The third-order valence-electron chi connectivity index (χ3n) is 1.41. The van der Waals surface area contributed by atoms with E-state index in [0.717, 1.165) is 15.7 Å². The van der Waals surface area contributed by atoms with Gasteiger partial charge in [0, 0.05) is 5.56 Å². The van der Waals surface area contributed by atoms with Gasteiger partial charge in [0.05, 0.1) is 15.2 Å². The summed E-state index contributed by atoms with van der Waals surface area (Å²) in [5.74, 6) is 0. The van der Waals surface area contributed by atoms with Crippen molar-refractivity contribution in [2.24, 2.45) is 0 Å². The molecule has 0 aliphatic carbocycles. The average molecular weight is 255 g/mol. The maximum absolute atomic E-state index is 5.92. The minimum atomic E-state index is 0.468. The van der Waals surface area contributed by atoms with Crippen LogP contribution in [0, 0.1) is 13.8 Å². The van der Waals surface area contributed by atoms with Crippen LogP contribution in [0.4, 0.5) is 0 Å². The molecule has 1 nitrogen and oxygen atoms in total. The van der Waals surface area contributed by atoms with Crippen LogP contribution in [0.15, 0.2) is 4.47 Å². The quantitative estimate of drug-likeness (QED) is 0.643. The van der Waals surface area contributed by atoms with Crippen LogP contribution in [0.3, 0.4) is 0 Å². The first-order valence-electron chi connectivity index (χ1n) is 3.01. The van der Waals surface area contributed by atoms with E-state index >= 15 is 0 Å². The number of aryl methyl sites for hydroxylation is 1. The monoisotopic (exact) mass is 253 g/mol. The molecule has 0 atom stereocenters. The Balaban J connectivity index is 3.46. The third kappa shape index (κ3) is 1.68. The first-order valence-corrected chi connectivity index (χ1v) is 4.56. The second-order valence-corrected chi connectivity index (χ2v) is 3.77. The molecule has 1 aromatic heterocycles. The number of pyridine rings is 1. The number of hydrogen-bond acceptors (Lipinski definition) is 1. The largest absolute Gasteiger partial charge is 0.240 e. The van der Waals surface area contributed by atoms with Crippen molar-refractivity contribution in [1.29, 1.82) is 0 Å². The summed E-state index contributed by atoms with van der Waals surface area (Å²) in [6.45, 7) is 3.68. The van der Waals surface area contributed by atoms with Crippen LogP contribution >= 0.6 is 39.1 Å². The molecule has 0 spiro atoms. The van der Waals surface area contributed by atoms with Crippen LogP contribution in [0.1, 0.15) is 11.3 Å². The van der Waals surface area contributed by atoms with Gasteiger partial charge in [-0.1, -0.05) is 23.2 Å². The molecule has 0 aromatic carbocycles. The van der Waals surface area contributed by atoms with E-state index in [9.17, 15) is 0 Å². The summed E-state index contributed by atoms with van der Waals surface area (Å²) < 4.78 is 0.820. The molecule has 60 valence electrons. The Bertz CT molecular complexity index is 273. The van der Waals surface area contributed by atoms with Crippen LogP contribution in [0.2, 0.25) is 10.2 Å². The van der Waals surface area contributed by atoms with Crippen LogP contribution < -0.4 is 0 Å². The predicted molar refractivity (Wildman–Crippen MR) is 51.4 cm³/mol. The van der Waals surface area contributed by atoms with Crippen LogP contribution in [0.5, 0.6) is 0 Å². The lowest BCUT2D eigenvalue weighted by molar-refractivity contribution is 1.15. The zero-order valence-electron chi connectivity index (χ0n) is 6.08. The smallest absolute Gasteiger partial charge is 0.133 e. The molecule has 0 fully saturated rings. The highest BCUT2D eigenvalue weighted by Gasteiger charge is 2.08. The molecule has 0 aliphatic heterocycles. The Morgan fingerprint density at radius 3 is 2.36 bits per heavy atom. The molecular weight excluding hydrogens is 249 g/mol. The lowest BCUT2D eigenvalue weighted by Crippen LogP contribution is -1.89. The molecule has 0 radical (unpaired) electrons. The van der Waals surface area contributed by atoms with Gasteiger partial charge in [-0.05, 0) is 29.8 Å². The van der Waals surface area contributed by atoms with Crippen molar-refractivity contribution >= 4 is 39.1 Å². The molecule has 11 heavy (non-hydrogen) atoms. The predicted octanol–water partition coefficient (Wildman–Crippen LogP) is 3.77. The standard InChI is InChI=1S/C7H6BrCl2N/c1-3-6(9)5(8)4(2)11-7(3)10/h1-2H3. The van der Waals surface area contributed by atoms with Crippen molar-refractivity contribution in [3.63, 3.8) is 0 Å². The number of aromatic nitrogens is 1. The Hall–Kier alpha value is 0.210.